The van der Waals surface area contributed by atoms with Crippen LogP contribution in [0.3, 0.4) is 0 Å². The molecular weight excluding hydrogens is 1360 g/mol. The van der Waals surface area contributed by atoms with E-state index in [1.165, 1.54) is 179 Å². The first kappa shape index (κ1) is 137. The second kappa shape index (κ2) is 96.8. The van der Waals surface area contributed by atoms with Gasteiger partial charge >= 0.3 is 100 Å². The van der Waals surface area contributed by atoms with E-state index in [9.17, 15) is 0 Å². The zero-order chi connectivity index (χ0) is 51.3. The van der Waals surface area contributed by atoms with E-state index in [1.54, 1.807) is 46.5 Å². The number of hydrogen-bond acceptors (Lipinski definition) is 1. The molecule has 0 aliphatic heterocycles. The van der Waals surface area contributed by atoms with E-state index >= 15 is 0 Å². The van der Waals surface area contributed by atoms with E-state index in [0.29, 0.717) is 0 Å². The van der Waals surface area contributed by atoms with Gasteiger partial charge in [0.1, 0.15) is 0 Å². The van der Waals surface area contributed by atoms with E-state index in [0.717, 1.165) is 34.1 Å². The first-order valence-corrected chi connectivity index (χ1v) is 29.1. The molecule has 90 heavy (non-hydrogen) atoms. The first-order chi connectivity index (χ1) is 34.5. The van der Waals surface area contributed by atoms with Crippen LogP contribution in [-0.4, -0.2) is 10.7 Å². The normalized spacial score (nSPS) is 16.8. The molecule has 7 saturated carbocycles. The van der Waals surface area contributed by atoms with Crippen molar-refractivity contribution in [1.29, 1.82) is 0 Å². The maximum Gasteiger partial charge on any atom is 4.00 e. The van der Waals surface area contributed by atoms with Crippen LogP contribution in [0.25, 0.3) is 0 Å². The summed E-state index contributed by atoms with van der Waals surface area (Å²) in [5.41, 5.74) is 3.79. The molecule has 1 radical (unpaired) electrons. The van der Waals surface area contributed by atoms with Crippen molar-refractivity contribution < 1.29 is 105 Å². The van der Waals surface area contributed by atoms with Crippen LogP contribution >= 0.6 is 0 Å². The molecule has 0 heterocycles. The van der Waals surface area contributed by atoms with Crippen LogP contribution in [0.5, 0.6) is 0 Å². The molecule has 0 bridgehead atoms. The first-order valence-electron chi connectivity index (χ1n) is 29.1. The van der Waals surface area contributed by atoms with Gasteiger partial charge in [-0.25, -0.2) is 0 Å². The Hall–Kier alpha value is -0.836. The Morgan fingerprint density at radius 1 is 0.278 bits per heavy atom. The van der Waals surface area contributed by atoms with E-state index in [-0.39, 0.29) is 212 Å². The Morgan fingerprint density at radius 3 is 0.567 bits per heavy atom. The largest absolute Gasteiger partial charge is 4.00 e. The second-order valence-electron chi connectivity index (χ2n) is 21.9. The third-order valence-corrected chi connectivity index (χ3v) is 14.0. The summed E-state index contributed by atoms with van der Waals surface area (Å²) < 4.78 is 0. The van der Waals surface area contributed by atoms with Gasteiger partial charge in [-0.15, -0.1) is 48.5 Å². The number of allylic oxidation sites excluding steroid dienone is 4. The van der Waals surface area contributed by atoms with Gasteiger partial charge in [0.2, 0.25) is 0 Å². The fraction of sp³-hybridized carbons (Fsp3) is 0.494. The van der Waals surface area contributed by atoms with Gasteiger partial charge in [-0.2, -0.15) is 98.5 Å². The fourth-order valence-corrected chi connectivity index (χ4v) is 10.0. The summed E-state index contributed by atoms with van der Waals surface area (Å²) in [6.45, 7) is 20.1. The van der Waals surface area contributed by atoms with Crippen molar-refractivity contribution >= 4 is 0 Å². The molecule has 0 saturated heterocycles. The SMILES string of the molecule is C.C.C.C.C1=CC2CCCC2C=C1.C1CCC2CCCC2C1.C1CCCC1.C1CCCC1.C1CCCC1.C1CCCC1.CC(C)(C)O.[CH2-]c1ccccc1.[CH2-]c1ccccc1.[CH2-]c1ccccc1.[CH2-]c1ccccc1.[CH3-].[CH3-].[CH3-].[CH3-].[CH3-].[CH3-].[CH3-].[CH3-].[CH3-].[CH3-].[CH3-].[Ti+3].[Zr+4].[Zr+4].[Zr+4]. The van der Waals surface area contributed by atoms with Gasteiger partial charge in [0.05, 0.1) is 5.60 Å². The van der Waals surface area contributed by atoms with Crippen molar-refractivity contribution in [3.8, 4) is 0 Å². The molecule has 4 aromatic rings. The average Bonchev–Trinajstić information content (AvgIpc) is 4.25. The van der Waals surface area contributed by atoms with E-state index in [2.05, 4.69) is 52.0 Å². The van der Waals surface area contributed by atoms with Gasteiger partial charge in [-0.05, 0) is 57.3 Å². The van der Waals surface area contributed by atoms with Crippen LogP contribution in [0.1, 0.15) is 265 Å². The van der Waals surface area contributed by atoms with Crippen LogP contribution in [0.2, 0.25) is 0 Å². The van der Waals surface area contributed by atoms with E-state index in [1.807, 2.05) is 121 Å². The molecular formula is C85H155OTiZr3. The van der Waals surface area contributed by atoms with Crippen LogP contribution in [0, 0.1) is 133 Å². The molecule has 4 aromatic carbocycles. The molecule has 12 rings (SSSR count). The minimum Gasteiger partial charge on any atom is -0.391 e. The number of fused-ring (bicyclic) bond motifs is 2. The van der Waals surface area contributed by atoms with Gasteiger partial charge < -0.3 is 86.8 Å². The topological polar surface area (TPSA) is 20.2 Å². The summed E-state index contributed by atoms with van der Waals surface area (Å²) >= 11 is 0. The minimum atomic E-state index is -0.500. The van der Waals surface area contributed by atoms with Gasteiger partial charge in [-0.1, -0.05) is 258 Å². The summed E-state index contributed by atoms with van der Waals surface area (Å²) in [6, 6.07) is 39.5. The molecule has 8 aliphatic rings. The number of rotatable bonds is 0. The summed E-state index contributed by atoms with van der Waals surface area (Å²) in [7, 11) is 0. The molecule has 8 aliphatic carbocycles. The molecule has 1 N–H and O–H groups in total. The van der Waals surface area contributed by atoms with Crippen LogP contribution in [0.15, 0.2) is 146 Å². The van der Waals surface area contributed by atoms with Gasteiger partial charge in [-0.3, -0.25) is 0 Å². The molecule has 5 heteroatoms. The van der Waals surface area contributed by atoms with Gasteiger partial charge in [0.25, 0.3) is 0 Å². The zero-order valence-electron chi connectivity index (χ0n) is 59.2. The quantitative estimate of drug-likeness (QED) is 0.137. The maximum absolute atomic E-state index is 8.52. The minimum absolute atomic E-state index is 0. The van der Waals surface area contributed by atoms with Crippen LogP contribution < -0.4 is 0 Å². The van der Waals surface area contributed by atoms with Crippen LogP contribution in [0.4, 0.5) is 0 Å². The smallest absolute Gasteiger partial charge is 0.391 e. The van der Waals surface area contributed by atoms with Crippen molar-refractivity contribution in [2.24, 2.45) is 23.7 Å². The Labute approximate surface area is 648 Å². The molecule has 7 fully saturated rings. The summed E-state index contributed by atoms with van der Waals surface area (Å²) in [5.74, 6) is 4.13. The maximum atomic E-state index is 8.52. The molecule has 517 valence electrons. The predicted molar refractivity (Wildman–Crippen MR) is 414 cm³/mol. The molecule has 0 aromatic heterocycles. The third-order valence-electron chi connectivity index (χ3n) is 14.0. The molecule has 4 atom stereocenters. The Morgan fingerprint density at radius 2 is 0.422 bits per heavy atom. The summed E-state index contributed by atoms with van der Waals surface area (Å²) in [4.78, 5) is 0. The molecule has 1 nitrogen and oxygen atoms in total. The van der Waals surface area contributed by atoms with Crippen molar-refractivity contribution in [1.82, 2.24) is 0 Å². The standard InChI is InChI=1S/C9H16.C9H12.4C7H7.4C5H10.C4H10O.4CH4.11CH3.Ti.3Zr/c2*1-2-5-9-7-3-6-8(9)4-1;4*1-7-5-3-2-4-6-7;4*1-2-4-5-3-1;1-4(2,3)5;;;;;;;;;;;;;;;;;;;/h8-9H,1-7H2;1-2,4-5,8-9H,3,6-7H2;4*2-6H,1H2;4*1-5H2;5H,1-3H3;4*1H4;11*1H3;;;;/q;;4*-1;;;;;;;;;;11*-1;+3;3*+4. The van der Waals surface area contributed by atoms with Gasteiger partial charge in [0, 0.05) is 0 Å². The average molecular weight is 1510 g/mol. The van der Waals surface area contributed by atoms with Gasteiger partial charge in [0.15, 0.2) is 0 Å². The Kier molecular flexibility index (Phi) is 147. The molecule has 0 spiro atoms. The Bertz CT molecular complexity index is 1510. The number of aliphatic hydroxyl groups is 1. The summed E-state index contributed by atoms with van der Waals surface area (Å²) in [6.07, 6.45) is 54.2. The number of hydrogen-bond donors (Lipinski definition) is 1. The number of benzene rings is 4. The summed E-state index contributed by atoms with van der Waals surface area (Å²) in [5, 5.41) is 8.52. The Balaban J connectivity index is -0.0000000390. The monoisotopic (exact) mass is 1510 g/mol. The van der Waals surface area contributed by atoms with Crippen molar-refractivity contribution in [2.75, 3.05) is 0 Å². The van der Waals surface area contributed by atoms with Crippen molar-refractivity contribution in [3.63, 3.8) is 0 Å². The predicted octanol–water partition coefficient (Wildman–Crippen LogP) is 29.0. The second-order valence-corrected chi connectivity index (χ2v) is 21.9. The molecule has 4 unspecified atom stereocenters. The van der Waals surface area contributed by atoms with Crippen LogP contribution in [-0.2, 0) is 100 Å². The van der Waals surface area contributed by atoms with E-state index in [4.69, 9.17) is 5.11 Å². The fourth-order valence-electron chi connectivity index (χ4n) is 10.0. The zero-order valence-corrected chi connectivity index (χ0v) is 68.1. The third kappa shape index (κ3) is 89.2. The van der Waals surface area contributed by atoms with Crippen molar-refractivity contribution in [3.05, 3.63) is 277 Å². The molecule has 0 amide bonds. The van der Waals surface area contributed by atoms with E-state index < -0.39 is 5.60 Å². The van der Waals surface area contributed by atoms with Crippen molar-refractivity contribution in [2.45, 2.75) is 249 Å².